The Hall–Kier alpha value is -0.860. The first-order chi connectivity index (χ1) is 9.56. The summed E-state index contributed by atoms with van der Waals surface area (Å²) in [5.41, 5.74) is 3.42. The van der Waals surface area contributed by atoms with E-state index in [4.69, 9.17) is 0 Å². The zero-order valence-corrected chi connectivity index (χ0v) is 13.2. The number of nitrogens with zero attached hydrogens (tertiary/aromatic N) is 1. The topological polar surface area (TPSA) is 15.3 Å². The molecule has 1 heterocycles. The average molecular weight is 272 g/mol. The maximum Gasteiger partial charge on any atom is 0.0323 e. The molecule has 2 heteroatoms. The highest BCUT2D eigenvalue weighted by Gasteiger charge is 2.32. The molecule has 3 rings (SSSR count). The van der Waals surface area contributed by atoms with Gasteiger partial charge in [0.05, 0.1) is 0 Å². The number of nitrogens with one attached hydrogen (secondary N) is 1. The van der Waals surface area contributed by atoms with Crippen molar-refractivity contribution in [2.75, 3.05) is 26.7 Å². The third-order valence-electron chi connectivity index (χ3n) is 5.27. The Balaban J connectivity index is 1.69. The zero-order chi connectivity index (χ0) is 14.2. The Kier molecular flexibility index (Phi) is 3.87. The van der Waals surface area contributed by atoms with E-state index in [1.807, 2.05) is 0 Å². The number of benzene rings is 1. The molecule has 0 spiro atoms. The number of likely N-dealkylation sites (tertiary alicyclic amines) is 1. The molecular weight excluding hydrogens is 244 g/mol. The van der Waals surface area contributed by atoms with Gasteiger partial charge in [0, 0.05) is 12.6 Å². The van der Waals surface area contributed by atoms with Crippen LogP contribution in [-0.4, -0.2) is 31.6 Å². The third-order valence-corrected chi connectivity index (χ3v) is 5.27. The highest BCUT2D eigenvalue weighted by atomic mass is 15.1. The predicted molar refractivity (Wildman–Crippen MR) is 85.0 cm³/mol. The molecule has 2 nitrogen and oxygen atoms in total. The molecule has 1 aliphatic heterocycles. The zero-order valence-electron chi connectivity index (χ0n) is 13.2. The molecule has 1 saturated heterocycles. The van der Waals surface area contributed by atoms with Gasteiger partial charge < -0.3 is 10.2 Å². The van der Waals surface area contributed by atoms with E-state index >= 15 is 0 Å². The van der Waals surface area contributed by atoms with Gasteiger partial charge in [0.15, 0.2) is 0 Å². The van der Waals surface area contributed by atoms with Crippen molar-refractivity contribution in [1.29, 1.82) is 0 Å². The van der Waals surface area contributed by atoms with Crippen LogP contribution in [-0.2, 0) is 5.41 Å². The minimum atomic E-state index is 0.336. The van der Waals surface area contributed by atoms with E-state index in [9.17, 15) is 0 Å². The van der Waals surface area contributed by atoms with Gasteiger partial charge in [-0.2, -0.15) is 0 Å². The molecule has 2 aliphatic rings. The van der Waals surface area contributed by atoms with E-state index in [2.05, 4.69) is 55.4 Å². The predicted octanol–water partition coefficient (Wildman–Crippen LogP) is 3.34. The lowest BCUT2D eigenvalue weighted by Gasteiger charge is -2.37. The molecule has 1 N–H and O–H groups in total. The van der Waals surface area contributed by atoms with Crippen molar-refractivity contribution >= 4 is 0 Å². The Bertz CT molecular complexity index is 466. The average Bonchev–Trinajstić information content (AvgIpc) is 2.84. The van der Waals surface area contributed by atoms with Crippen LogP contribution in [0.1, 0.15) is 50.3 Å². The summed E-state index contributed by atoms with van der Waals surface area (Å²) in [5.74, 6) is 0.835. The van der Waals surface area contributed by atoms with Gasteiger partial charge in [-0.25, -0.2) is 0 Å². The summed E-state index contributed by atoms with van der Waals surface area (Å²) in [6.07, 6.45) is 3.90. The first-order valence-corrected chi connectivity index (χ1v) is 8.07. The molecular formula is C18H28N2. The standard InChI is InChI=1S/C18H28N2/c1-18(2)10-8-17(15-6-4-5-7-16(15)18)19-12-14-9-11-20(3)13-14/h4-7,14,17,19H,8-13H2,1-3H3. The molecule has 0 saturated carbocycles. The molecule has 1 aromatic rings. The van der Waals surface area contributed by atoms with Crippen molar-refractivity contribution in [2.24, 2.45) is 5.92 Å². The van der Waals surface area contributed by atoms with Crippen molar-refractivity contribution in [1.82, 2.24) is 10.2 Å². The highest BCUT2D eigenvalue weighted by molar-refractivity contribution is 5.38. The van der Waals surface area contributed by atoms with Crippen LogP contribution in [0, 0.1) is 5.92 Å². The van der Waals surface area contributed by atoms with Crippen LogP contribution >= 0.6 is 0 Å². The number of hydrogen-bond acceptors (Lipinski definition) is 2. The molecule has 2 unspecified atom stereocenters. The van der Waals surface area contributed by atoms with Crippen molar-refractivity contribution in [3.63, 3.8) is 0 Å². The highest BCUT2D eigenvalue weighted by Crippen LogP contribution is 2.41. The summed E-state index contributed by atoms with van der Waals surface area (Å²) in [6, 6.07) is 9.60. The van der Waals surface area contributed by atoms with Gasteiger partial charge in [0.1, 0.15) is 0 Å². The van der Waals surface area contributed by atoms with Crippen molar-refractivity contribution in [3.05, 3.63) is 35.4 Å². The molecule has 2 atom stereocenters. The van der Waals surface area contributed by atoms with E-state index in [1.165, 1.54) is 44.5 Å². The van der Waals surface area contributed by atoms with E-state index in [-0.39, 0.29) is 0 Å². The van der Waals surface area contributed by atoms with Gasteiger partial charge in [-0.15, -0.1) is 0 Å². The molecule has 20 heavy (non-hydrogen) atoms. The first kappa shape index (κ1) is 14.1. The van der Waals surface area contributed by atoms with E-state index in [0.717, 1.165) is 5.92 Å². The van der Waals surface area contributed by atoms with Gasteiger partial charge in [-0.1, -0.05) is 38.1 Å². The quantitative estimate of drug-likeness (QED) is 0.908. The summed E-state index contributed by atoms with van der Waals surface area (Å²) >= 11 is 0. The molecule has 1 fully saturated rings. The second-order valence-corrected chi connectivity index (χ2v) is 7.39. The van der Waals surface area contributed by atoms with Crippen LogP contribution in [0.2, 0.25) is 0 Å². The maximum absolute atomic E-state index is 3.85. The molecule has 1 aliphatic carbocycles. The van der Waals surface area contributed by atoms with Crippen LogP contribution in [0.15, 0.2) is 24.3 Å². The smallest absolute Gasteiger partial charge is 0.0323 e. The van der Waals surface area contributed by atoms with Crippen molar-refractivity contribution in [2.45, 2.75) is 44.6 Å². The minimum absolute atomic E-state index is 0.336. The lowest BCUT2D eigenvalue weighted by atomic mass is 9.71. The maximum atomic E-state index is 3.85. The Morgan fingerprint density at radius 1 is 1.25 bits per heavy atom. The normalized spacial score (nSPS) is 29.4. The Morgan fingerprint density at radius 2 is 2.05 bits per heavy atom. The SMILES string of the molecule is CN1CCC(CNC2CCC(C)(C)c3ccccc32)C1. The summed E-state index contributed by atoms with van der Waals surface area (Å²) in [6.45, 7) is 8.46. The fourth-order valence-electron chi connectivity index (χ4n) is 3.93. The van der Waals surface area contributed by atoms with Crippen molar-refractivity contribution < 1.29 is 0 Å². The Labute approximate surface area is 123 Å². The third kappa shape index (κ3) is 2.77. The minimum Gasteiger partial charge on any atom is -0.310 e. The molecule has 0 amide bonds. The van der Waals surface area contributed by atoms with Crippen LogP contribution in [0.3, 0.4) is 0 Å². The van der Waals surface area contributed by atoms with Crippen LogP contribution < -0.4 is 5.32 Å². The monoisotopic (exact) mass is 272 g/mol. The first-order valence-electron chi connectivity index (χ1n) is 8.07. The van der Waals surface area contributed by atoms with E-state index < -0.39 is 0 Å². The summed E-state index contributed by atoms with van der Waals surface area (Å²) in [5, 5.41) is 3.85. The Morgan fingerprint density at radius 3 is 2.80 bits per heavy atom. The lowest BCUT2D eigenvalue weighted by molar-refractivity contribution is 0.335. The number of rotatable bonds is 3. The molecule has 1 aromatic carbocycles. The van der Waals surface area contributed by atoms with E-state index in [0.29, 0.717) is 11.5 Å². The van der Waals surface area contributed by atoms with E-state index in [1.54, 1.807) is 5.56 Å². The van der Waals surface area contributed by atoms with Gasteiger partial charge in [-0.05, 0) is 61.9 Å². The molecule has 0 bridgehead atoms. The number of fused-ring (bicyclic) bond motifs is 1. The van der Waals surface area contributed by atoms with Gasteiger partial charge in [-0.3, -0.25) is 0 Å². The second kappa shape index (κ2) is 5.50. The fourth-order valence-corrected chi connectivity index (χ4v) is 3.93. The second-order valence-electron chi connectivity index (χ2n) is 7.39. The van der Waals surface area contributed by atoms with Crippen LogP contribution in [0.4, 0.5) is 0 Å². The van der Waals surface area contributed by atoms with Crippen LogP contribution in [0.25, 0.3) is 0 Å². The summed E-state index contributed by atoms with van der Waals surface area (Å²) < 4.78 is 0. The van der Waals surface area contributed by atoms with Crippen molar-refractivity contribution in [3.8, 4) is 0 Å². The van der Waals surface area contributed by atoms with Gasteiger partial charge in [0.2, 0.25) is 0 Å². The molecule has 0 aromatic heterocycles. The summed E-state index contributed by atoms with van der Waals surface area (Å²) in [4.78, 5) is 2.45. The lowest BCUT2D eigenvalue weighted by Crippen LogP contribution is -2.35. The number of hydrogen-bond donors (Lipinski definition) is 1. The summed E-state index contributed by atoms with van der Waals surface area (Å²) in [7, 11) is 2.23. The molecule has 110 valence electrons. The fraction of sp³-hybridized carbons (Fsp3) is 0.667. The van der Waals surface area contributed by atoms with Crippen LogP contribution in [0.5, 0.6) is 0 Å². The van der Waals surface area contributed by atoms with Gasteiger partial charge >= 0.3 is 0 Å². The largest absolute Gasteiger partial charge is 0.310 e. The van der Waals surface area contributed by atoms with Gasteiger partial charge in [0.25, 0.3) is 0 Å². The molecule has 0 radical (unpaired) electrons.